The fourth-order valence-electron chi connectivity index (χ4n) is 3.98. The number of sulfonamides is 1. The zero-order chi connectivity index (χ0) is 26.6. The highest BCUT2D eigenvalue weighted by atomic mass is 32.2. The van der Waals surface area contributed by atoms with Crippen LogP contribution in [0.1, 0.15) is 23.2 Å². The van der Waals surface area contributed by atoms with Crippen LogP contribution in [0.2, 0.25) is 0 Å². The lowest BCUT2D eigenvalue weighted by atomic mass is 10.2. The molecular weight excluding hydrogens is 522 g/mol. The minimum absolute atomic E-state index is 0.00392. The summed E-state index contributed by atoms with van der Waals surface area (Å²) in [5.41, 5.74) is 0.444. The van der Waals surface area contributed by atoms with E-state index in [9.17, 15) is 22.0 Å². The van der Waals surface area contributed by atoms with Crippen LogP contribution in [-0.4, -0.2) is 67.8 Å². The Labute approximate surface area is 216 Å². The first-order chi connectivity index (χ1) is 17.7. The van der Waals surface area contributed by atoms with Crippen LogP contribution >= 0.6 is 11.3 Å². The molecule has 3 aromatic rings. The van der Waals surface area contributed by atoms with Crippen molar-refractivity contribution in [3.8, 4) is 12.1 Å². The highest BCUT2D eigenvalue weighted by Gasteiger charge is 2.27. The Balaban J connectivity index is 1.41. The van der Waals surface area contributed by atoms with Gasteiger partial charge in [-0.2, -0.15) is 14.8 Å². The lowest BCUT2D eigenvalue weighted by Gasteiger charge is -2.34. The number of thiazole rings is 1. The third-order valence-electron chi connectivity index (χ3n) is 5.92. The van der Waals surface area contributed by atoms with E-state index in [0.29, 0.717) is 41.6 Å². The smallest absolute Gasteiger partial charge is 0.253 e. The van der Waals surface area contributed by atoms with Gasteiger partial charge in [0.1, 0.15) is 11.3 Å². The van der Waals surface area contributed by atoms with Crippen LogP contribution in [0, 0.1) is 34.3 Å². The van der Waals surface area contributed by atoms with Gasteiger partial charge in [0.15, 0.2) is 10.9 Å². The number of carbonyl (C=O) groups excluding carboxylic acids is 1. The quantitative estimate of drug-likeness (QED) is 0.426. The molecule has 0 spiro atoms. The molecule has 1 aromatic heterocycles. The van der Waals surface area contributed by atoms with Crippen LogP contribution < -0.4 is 4.90 Å². The van der Waals surface area contributed by atoms with Crippen LogP contribution in [-0.2, 0) is 10.0 Å². The van der Waals surface area contributed by atoms with Gasteiger partial charge in [0.25, 0.3) is 5.91 Å². The number of hydrogen-bond acceptors (Lipinski definition) is 8. The number of hydrogen-bond donors (Lipinski definition) is 0. The fourth-order valence-corrected chi connectivity index (χ4v) is 6.48. The number of fused-ring (bicyclic) bond motifs is 1. The van der Waals surface area contributed by atoms with Crippen LogP contribution in [0.25, 0.3) is 10.2 Å². The number of halogens is 2. The van der Waals surface area contributed by atoms with Crippen LogP contribution in [0.5, 0.6) is 0 Å². The second-order valence-electron chi connectivity index (χ2n) is 8.25. The summed E-state index contributed by atoms with van der Waals surface area (Å²) in [5, 5.41) is 18.2. The Morgan fingerprint density at radius 3 is 2.24 bits per heavy atom. The van der Waals surface area contributed by atoms with E-state index in [-0.39, 0.29) is 42.3 Å². The molecular formula is C24H22F2N6O3S2. The predicted octanol–water partition coefficient (Wildman–Crippen LogP) is 3.35. The molecule has 192 valence electrons. The van der Waals surface area contributed by atoms with Crippen molar-refractivity contribution < 1.29 is 22.0 Å². The standard InChI is InChI=1S/C24H22F2N6O3S2/c25-18-15-20(26)22-21(16-18)36-24(29-22)31-13-11-30(12-14-31)23(33)17-3-5-19(6-4-17)37(34,35)32(9-1-7-27)10-2-8-28/h3-6,15-16H,1-2,9-14H2. The van der Waals surface area contributed by atoms with Crippen molar-refractivity contribution in [1.29, 1.82) is 10.5 Å². The molecule has 2 aromatic carbocycles. The summed E-state index contributed by atoms with van der Waals surface area (Å²) in [6.07, 6.45) is -0.00783. The van der Waals surface area contributed by atoms with E-state index < -0.39 is 21.7 Å². The lowest BCUT2D eigenvalue weighted by molar-refractivity contribution is 0.0746. The van der Waals surface area contributed by atoms with Gasteiger partial charge in [0.05, 0.1) is 21.7 Å². The summed E-state index contributed by atoms with van der Waals surface area (Å²) in [6.45, 7) is 1.61. The van der Waals surface area contributed by atoms with Crippen molar-refractivity contribution in [2.24, 2.45) is 0 Å². The lowest BCUT2D eigenvalue weighted by Crippen LogP contribution is -2.48. The fraction of sp³-hybridized carbons (Fsp3) is 0.333. The highest BCUT2D eigenvalue weighted by molar-refractivity contribution is 7.89. The number of anilines is 1. The maximum atomic E-state index is 14.0. The number of piperazine rings is 1. The van der Waals surface area contributed by atoms with Crippen molar-refractivity contribution in [3.63, 3.8) is 0 Å². The monoisotopic (exact) mass is 544 g/mol. The van der Waals surface area contributed by atoms with E-state index >= 15 is 0 Å². The molecule has 1 aliphatic heterocycles. The summed E-state index contributed by atoms with van der Waals surface area (Å²) in [7, 11) is -3.92. The van der Waals surface area contributed by atoms with E-state index in [4.69, 9.17) is 10.5 Å². The minimum atomic E-state index is -3.92. The average Bonchev–Trinajstić information content (AvgIpc) is 3.33. The Morgan fingerprint density at radius 2 is 1.65 bits per heavy atom. The molecule has 1 saturated heterocycles. The first-order valence-corrected chi connectivity index (χ1v) is 13.6. The number of amides is 1. The van der Waals surface area contributed by atoms with Crippen molar-refractivity contribution in [1.82, 2.24) is 14.2 Å². The Kier molecular flexibility index (Phi) is 7.97. The van der Waals surface area contributed by atoms with Gasteiger partial charge in [-0.25, -0.2) is 22.2 Å². The largest absolute Gasteiger partial charge is 0.345 e. The molecule has 0 unspecified atom stereocenters. The number of rotatable bonds is 8. The number of benzene rings is 2. The molecule has 0 bridgehead atoms. The molecule has 4 rings (SSSR count). The minimum Gasteiger partial charge on any atom is -0.345 e. The Morgan fingerprint density at radius 1 is 1.03 bits per heavy atom. The summed E-state index contributed by atoms with van der Waals surface area (Å²) >= 11 is 1.19. The number of nitriles is 2. The van der Waals surface area contributed by atoms with E-state index in [2.05, 4.69) is 4.98 Å². The number of carbonyl (C=O) groups is 1. The van der Waals surface area contributed by atoms with Gasteiger partial charge in [-0.15, -0.1) is 0 Å². The van der Waals surface area contributed by atoms with Crippen LogP contribution in [0.15, 0.2) is 41.3 Å². The van der Waals surface area contributed by atoms with E-state index in [0.717, 1.165) is 10.4 Å². The maximum Gasteiger partial charge on any atom is 0.253 e. The van der Waals surface area contributed by atoms with Gasteiger partial charge >= 0.3 is 0 Å². The molecule has 2 heterocycles. The van der Waals surface area contributed by atoms with Crippen molar-refractivity contribution in [2.75, 3.05) is 44.2 Å². The zero-order valence-corrected chi connectivity index (χ0v) is 21.2. The average molecular weight is 545 g/mol. The molecule has 37 heavy (non-hydrogen) atoms. The second-order valence-corrected chi connectivity index (χ2v) is 11.2. The number of nitrogens with zero attached hydrogens (tertiary/aromatic N) is 6. The first kappa shape index (κ1) is 26.4. The molecule has 1 amide bonds. The highest BCUT2D eigenvalue weighted by Crippen LogP contribution is 2.31. The molecule has 0 aliphatic carbocycles. The topological polar surface area (TPSA) is 121 Å². The van der Waals surface area contributed by atoms with Gasteiger partial charge < -0.3 is 9.80 Å². The van der Waals surface area contributed by atoms with Crippen molar-refractivity contribution in [2.45, 2.75) is 17.7 Å². The summed E-state index contributed by atoms with van der Waals surface area (Å²) in [4.78, 5) is 20.8. The van der Waals surface area contributed by atoms with E-state index in [1.807, 2.05) is 17.0 Å². The normalized spacial score (nSPS) is 14.1. The first-order valence-electron chi connectivity index (χ1n) is 11.4. The summed E-state index contributed by atoms with van der Waals surface area (Å²) < 4.78 is 54.9. The van der Waals surface area contributed by atoms with Crippen molar-refractivity contribution >= 4 is 42.6 Å². The Hall–Kier alpha value is -3.65. The van der Waals surface area contributed by atoms with Gasteiger partial charge in [-0.05, 0) is 30.3 Å². The Bertz CT molecular complexity index is 1470. The molecule has 0 saturated carbocycles. The van der Waals surface area contributed by atoms with Crippen LogP contribution in [0.3, 0.4) is 0 Å². The van der Waals surface area contributed by atoms with E-state index in [1.54, 1.807) is 4.90 Å². The molecule has 1 fully saturated rings. The maximum absolute atomic E-state index is 14.0. The van der Waals surface area contributed by atoms with E-state index in [1.165, 1.54) is 41.7 Å². The van der Waals surface area contributed by atoms with Gasteiger partial charge in [0.2, 0.25) is 10.0 Å². The molecule has 0 atom stereocenters. The van der Waals surface area contributed by atoms with Crippen molar-refractivity contribution in [3.05, 3.63) is 53.6 Å². The molecule has 9 nitrogen and oxygen atoms in total. The van der Waals surface area contributed by atoms with Gasteiger partial charge in [-0.1, -0.05) is 11.3 Å². The third kappa shape index (κ3) is 5.69. The molecule has 13 heteroatoms. The van der Waals surface area contributed by atoms with Gasteiger partial charge in [0, 0.05) is 63.7 Å². The SMILES string of the molecule is N#CCCN(CCC#N)S(=O)(=O)c1ccc(C(=O)N2CCN(c3nc4c(F)cc(F)cc4s3)CC2)cc1. The summed E-state index contributed by atoms with van der Waals surface area (Å²) in [5.74, 6) is -1.63. The second kappa shape index (κ2) is 11.2. The third-order valence-corrected chi connectivity index (χ3v) is 8.90. The van der Waals surface area contributed by atoms with Crippen LogP contribution in [0.4, 0.5) is 13.9 Å². The van der Waals surface area contributed by atoms with Gasteiger partial charge in [-0.3, -0.25) is 4.79 Å². The molecule has 0 N–H and O–H groups in total. The predicted molar refractivity (Wildman–Crippen MR) is 133 cm³/mol. The number of aromatic nitrogens is 1. The molecule has 1 aliphatic rings. The summed E-state index contributed by atoms with van der Waals surface area (Å²) in [6, 6.07) is 11.4. The zero-order valence-electron chi connectivity index (χ0n) is 19.6. The molecule has 0 radical (unpaired) electrons.